The van der Waals surface area contributed by atoms with Gasteiger partial charge in [0.05, 0.1) is 24.9 Å². The van der Waals surface area contributed by atoms with Crippen molar-refractivity contribution in [2.75, 3.05) is 19.0 Å². The van der Waals surface area contributed by atoms with E-state index in [1.165, 1.54) is 18.2 Å². The molecule has 0 aliphatic rings. The van der Waals surface area contributed by atoms with E-state index in [1.807, 2.05) is 18.2 Å². The summed E-state index contributed by atoms with van der Waals surface area (Å²) in [6.45, 7) is 1.03. The van der Waals surface area contributed by atoms with Crippen LogP contribution in [0, 0.1) is 12.3 Å². The van der Waals surface area contributed by atoms with Crippen LogP contribution in [0.2, 0.25) is 0 Å². The molecule has 27 heavy (non-hydrogen) atoms. The molecule has 2 aromatic rings. The molecule has 0 radical (unpaired) electrons. The van der Waals surface area contributed by atoms with Crippen molar-refractivity contribution >= 4 is 23.6 Å². The van der Waals surface area contributed by atoms with Crippen LogP contribution in [0.3, 0.4) is 0 Å². The normalized spacial score (nSPS) is 10.4. The van der Waals surface area contributed by atoms with E-state index in [0.29, 0.717) is 18.8 Å². The molecule has 2 rings (SSSR count). The highest BCUT2D eigenvalue weighted by Crippen LogP contribution is 2.21. The lowest BCUT2D eigenvalue weighted by Crippen LogP contribution is -2.13. The van der Waals surface area contributed by atoms with Crippen LogP contribution in [0.5, 0.6) is 5.75 Å². The molecule has 0 aromatic heterocycles. The zero-order valence-corrected chi connectivity index (χ0v) is 14.9. The smallest absolute Gasteiger partial charge is 0.337 e. The highest BCUT2D eigenvalue weighted by atomic mass is 16.5. The monoisotopic (exact) mass is 364 g/mol. The van der Waals surface area contributed by atoms with Gasteiger partial charge in [0.15, 0.2) is 0 Å². The Balaban J connectivity index is 2.08. The molecular formula is C21H20N2O4. The van der Waals surface area contributed by atoms with Gasteiger partial charge in [-0.05, 0) is 29.8 Å². The van der Waals surface area contributed by atoms with E-state index in [0.717, 1.165) is 11.1 Å². The summed E-state index contributed by atoms with van der Waals surface area (Å²) in [5.41, 5.74) is 2.00. The largest absolute Gasteiger partial charge is 0.496 e. The SMILES string of the molecule is C#CCNCc1ccc(/C=C/C(=O)Nc2ccccc2C(=O)O)cc1OC. The zero-order chi connectivity index (χ0) is 19.6. The first-order chi connectivity index (χ1) is 13.0. The lowest BCUT2D eigenvalue weighted by molar-refractivity contribution is -0.111. The van der Waals surface area contributed by atoms with Gasteiger partial charge in [-0.15, -0.1) is 6.42 Å². The number of rotatable bonds is 8. The van der Waals surface area contributed by atoms with E-state index in [9.17, 15) is 9.59 Å². The van der Waals surface area contributed by atoms with E-state index in [2.05, 4.69) is 16.6 Å². The van der Waals surface area contributed by atoms with Crippen LogP contribution in [0.4, 0.5) is 5.69 Å². The van der Waals surface area contributed by atoms with Crippen LogP contribution in [0.1, 0.15) is 21.5 Å². The summed E-state index contributed by atoms with van der Waals surface area (Å²) in [4.78, 5) is 23.3. The first-order valence-corrected chi connectivity index (χ1v) is 8.17. The molecule has 0 heterocycles. The average molecular weight is 364 g/mol. The number of terminal acetylenes is 1. The van der Waals surface area contributed by atoms with Gasteiger partial charge >= 0.3 is 5.97 Å². The average Bonchev–Trinajstić information content (AvgIpc) is 2.67. The molecule has 2 aromatic carbocycles. The molecule has 0 atom stereocenters. The molecule has 0 saturated carbocycles. The fourth-order valence-corrected chi connectivity index (χ4v) is 2.41. The molecule has 3 N–H and O–H groups in total. The summed E-state index contributed by atoms with van der Waals surface area (Å²) in [5, 5.41) is 14.8. The topological polar surface area (TPSA) is 87.7 Å². The van der Waals surface area contributed by atoms with Gasteiger partial charge in [-0.2, -0.15) is 0 Å². The van der Waals surface area contributed by atoms with Gasteiger partial charge in [0, 0.05) is 18.2 Å². The summed E-state index contributed by atoms with van der Waals surface area (Å²) in [7, 11) is 1.57. The van der Waals surface area contributed by atoms with E-state index in [1.54, 1.807) is 25.3 Å². The van der Waals surface area contributed by atoms with Crippen molar-refractivity contribution in [3.63, 3.8) is 0 Å². The number of para-hydroxylation sites is 1. The maximum atomic E-state index is 12.1. The lowest BCUT2D eigenvalue weighted by Gasteiger charge is -2.09. The number of carboxylic acid groups (broad SMARTS) is 1. The number of nitrogens with one attached hydrogen (secondary N) is 2. The summed E-state index contributed by atoms with van der Waals surface area (Å²) >= 11 is 0. The van der Waals surface area contributed by atoms with Crippen LogP contribution in [0.25, 0.3) is 6.08 Å². The molecule has 0 aliphatic heterocycles. The second kappa shape index (κ2) is 9.80. The van der Waals surface area contributed by atoms with Crippen molar-refractivity contribution < 1.29 is 19.4 Å². The number of methoxy groups -OCH3 is 1. The second-order valence-electron chi connectivity index (χ2n) is 5.55. The van der Waals surface area contributed by atoms with Crippen molar-refractivity contribution in [2.24, 2.45) is 0 Å². The summed E-state index contributed by atoms with van der Waals surface area (Å²) in [5.74, 6) is 1.65. The minimum Gasteiger partial charge on any atom is -0.496 e. The van der Waals surface area contributed by atoms with E-state index >= 15 is 0 Å². The fraction of sp³-hybridized carbons (Fsp3) is 0.143. The Kier molecular flexibility index (Phi) is 7.17. The quantitative estimate of drug-likeness (QED) is 0.381. The molecule has 0 saturated heterocycles. The van der Waals surface area contributed by atoms with Gasteiger partial charge in [-0.3, -0.25) is 4.79 Å². The van der Waals surface area contributed by atoms with Gasteiger partial charge in [0.2, 0.25) is 5.91 Å². The molecule has 0 fully saturated rings. The van der Waals surface area contributed by atoms with Crippen LogP contribution < -0.4 is 15.4 Å². The zero-order valence-electron chi connectivity index (χ0n) is 14.9. The number of anilines is 1. The molecular weight excluding hydrogens is 344 g/mol. The van der Waals surface area contributed by atoms with E-state index < -0.39 is 11.9 Å². The van der Waals surface area contributed by atoms with Crippen molar-refractivity contribution in [3.8, 4) is 18.1 Å². The number of ether oxygens (including phenoxy) is 1. The van der Waals surface area contributed by atoms with Crippen LogP contribution in [0.15, 0.2) is 48.5 Å². The summed E-state index contributed by atoms with van der Waals surface area (Å²) < 4.78 is 5.37. The third-order valence-electron chi connectivity index (χ3n) is 3.70. The summed E-state index contributed by atoms with van der Waals surface area (Å²) in [6.07, 6.45) is 8.17. The molecule has 138 valence electrons. The van der Waals surface area contributed by atoms with Crippen molar-refractivity contribution in [3.05, 3.63) is 65.2 Å². The first-order valence-electron chi connectivity index (χ1n) is 8.17. The van der Waals surface area contributed by atoms with Crippen LogP contribution in [-0.4, -0.2) is 30.6 Å². The number of hydrogen-bond donors (Lipinski definition) is 3. The Morgan fingerprint density at radius 1 is 1.26 bits per heavy atom. The Morgan fingerprint density at radius 2 is 2.04 bits per heavy atom. The van der Waals surface area contributed by atoms with Gasteiger partial charge in [0.1, 0.15) is 5.75 Å². The summed E-state index contributed by atoms with van der Waals surface area (Å²) in [6, 6.07) is 11.8. The molecule has 0 unspecified atom stereocenters. The molecule has 6 nitrogen and oxygen atoms in total. The van der Waals surface area contributed by atoms with Crippen molar-refractivity contribution in [2.45, 2.75) is 6.54 Å². The maximum absolute atomic E-state index is 12.1. The highest BCUT2D eigenvalue weighted by Gasteiger charge is 2.10. The minimum absolute atomic E-state index is 0.0322. The molecule has 0 bridgehead atoms. The standard InChI is InChI=1S/C21H20N2O4/c1-3-12-22-14-16-10-8-15(13-19(16)27-2)9-11-20(24)23-18-7-5-4-6-17(18)21(25)26/h1,4-11,13,22H,12,14H2,2H3,(H,23,24)(H,25,26)/b11-9+. The van der Waals surface area contributed by atoms with E-state index in [4.69, 9.17) is 16.3 Å². The first kappa shape index (κ1) is 19.8. The van der Waals surface area contributed by atoms with Crippen molar-refractivity contribution in [1.29, 1.82) is 0 Å². The minimum atomic E-state index is -1.10. The van der Waals surface area contributed by atoms with Crippen LogP contribution >= 0.6 is 0 Å². The van der Waals surface area contributed by atoms with Gasteiger partial charge in [-0.25, -0.2) is 4.79 Å². The number of carbonyl (C=O) groups excluding carboxylic acids is 1. The van der Waals surface area contributed by atoms with Gasteiger partial charge in [-0.1, -0.05) is 30.2 Å². The lowest BCUT2D eigenvalue weighted by atomic mass is 10.1. The number of carboxylic acids is 1. The molecule has 0 aliphatic carbocycles. The Labute approximate surface area is 157 Å². The third kappa shape index (κ3) is 5.73. The molecule has 6 heteroatoms. The number of benzene rings is 2. The van der Waals surface area contributed by atoms with E-state index in [-0.39, 0.29) is 11.3 Å². The Hall–Kier alpha value is -3.56. The third-order valence-corrected chi connectivity index (χ3v) is 3.70. The van der Waals surface area contributed by atoms with Gasteiger partial charge < -0.3 is 20.5 Å². The predicted octanol–water partition coefficient (Wildman–Crippen LogP) is 2.77. The number of amides is 1. The number of hydrogen-bond acceptors (Lipinski definition) is 4. The van der Waals surface area contributed by atoms with Gasteiger partial charge in [0.25, 0.3) is 0 Å². The molecule has 0 spiro atoms. The molecule has 1 amide bonds. The fourth-order valence-electron chi connectivity index (χ4n) is 2.41. The second-order valence-corrected chi connectivity index (χ2v) is 5.55. The number of aromatic carboxylic acids is 1. The predicted molar refractivity (Wildman–Crippen MR) is 105 cm³/mol. The van der Waals surface area contributed by atoms with Crippen molar-refractivity contribution in [1.82, 2.24) is 5.32 Å². The number of carbonyl (C=O) groups is 2. The Morgan fingerprint density at radius 3 is 2.74 bits per heavy atom. The Bertz CT molecular complexity index is 897. The van der Waals surface area contributed by atoms with Crippen LogP contribution in [-0.2, 0) is 11.3 Å². The maximum Gasteiger partial charge on any atom is 0.337 e. The highest BCUT2D eigenvalue weighted by molar-refractivity contribution is 6.06.